The lowest BCUT2D eigenvalue weighted by molar-refractivity contribution is 0.290. The molecule has 0 aromatic rings. The van der Waals surface area contributed by atoms with Crippen LogP contribution in [0.15, 0.2) is 12.7 Å². The molecule has 0 aliphatic heterocycles. The van der Waals surface area contributed by atoms with Gasteiger partial charge in [0, 0.05) is 13.6 Å². The van der Waals surface area contributed by atoms with E-state index in [1.54, 1.807) is 6.08 Å². The van der Waals surface area contributed by atoms with Gasteiger partial charge in [-0.3, -0.25) is 0 Å². The molecule has 0 aromatic heterocycles. The molecule has 0 saturated heterocycles. The number of nitrogens with zero attached hydrogens (tertiary/aromatic N) is 1. The van der Waals surface area contributed by atoms with Crippen LogP contribution in [0.4, 0.5) is 0 Å². The van der Waals surface area contributed by atoms with Crippen molar-refractivity contribution in [3.63, 3.8) is 0 Å². The first kappa shape index (κ1) is 13.6. The Morgan fingerprint density at radius 3 is 2.57 bits per heavy atom. The number of rotatable bonds is 7. The summed E-state index contributed by atoms with van der Waals surface area (Å²) in [7, 11) is -1.79. The van der Waals surface area contributed by atoms with Crippen LogP contribution in [0.1, 0.15) is 19.8 Å². The second-order valence-electron chi connectivity index (χ2n) is 3.29. The van der Waals surface area contributed by atoms with E-state index in [0.29, 0.717) is 6.54 Å². The number of hydrogen-bond donors (Lipinski definition) is 1. The van der Waals surface area contributed by atoms with Gasteiger partial charge in [-0.05, 0) is 19.8 Å². The van der Waals surface area contributed by atoms with Crippen LogP contribution < -0.4 is 0 Å². The summed E-state index contributed by atoms with van der Waals surface area (Å²) in [6, 6.07) is 0. The summed E-state index contributed by atoms with van der Waals surface area (Å²) >= 11 is 0. The smallest absolute Gasteiger partial charge is 0.218 e. The standard InChI is InChI=1S/C9H19NO3S/c1-4-5-6-7-10(3)14(12,13)9(2)8-11/h4,9,11H,1,5-8H2,2-3H3. The Balaban J connectivity index is 4.21. The van der Waals surface area contributed by atoms with Gasteiger partial charge in [0.15, 0.2) is 0 Å². The molecule has 0 heterocycles. The quantitative estimate of drug-likeness (QED) is 0.506. The van der Waals surface area contributed by atoms with E-state index in [0.717, 1.165) is 12.8 Å². The molecular weight excluding hydrogens is 202 g/mol. The first-order chi connectivity index (χ1) is 6.46. The van der Waals surface area contributed by atoms with Crippen molar-refractivity contribution in [2.45, 2.75) is 25.0 Å². The number of aliphatic hydroxyl groups is 1. The van der Waals surface area contributed by atoms with Crippen molar-refractivity contribution in [2.24, 2.45) is 0 Å². The molecule has 0 aromatic carbocycles. The van der Waals surface area contributed by atoms with Crippen LogP contribution in [0.5, 0.6) is 0 Å². The first-order valence-electron chi connectivity index (χ1n) is 4.63. The molecule has 0 aliphatic rings. The van der Waals surface area contributed by atoms with Crippen molar-refractivity contribution in [3.05, 3.63) is 12.7 Å². The molecule has 1 atom stereocenters. The molecule has 1 unspecified atom stereocenters. The van der Waals surface area contributed by atoms with Crippen molar-refractivity contribution >= 4 is 10.0 Å². The van der Waals surface area contributed by atoms with Gasteiger partial charge in [0.05, 0.1) is 11.9 Å². The Morgan fingerprint density at radius 1 is 1.57 bits per heavy atom. The van der Waals surface area contributed by atoms with Gasteiger partial charge in [-0.1, -0.05) is 6.08 Å². The summed E-state index contributed by atoms with van der Waals surface area (Å²) in [5, 5.41) is 8.04. The van der Waals surface area contributed by atoms with E-state index in [4.69, 9.17) is 5.11 Å². The number of aliphatic hydroxyl groups excluding tert-OH is 1. The highest BCUT2D eigenvalue weighted by Crippen LogP contribution is 2.07. The SMILES string of the molecule is C=CCCCN(C)S(=O)(=O)C(C)CO. The van der Waals surface area contributed by atoms with Crippen LogP contribution >= 0.6 is 0 Å². The second kappa shape index (κ2) is 6.16. The Morgan fingerprint density at radius 2 is 2.14 bits per heavy atom. The van der Waals surface area contributed by atoms with Crippen LogP contribution in [0.3, 0.4) is 0 Å². The predicted molar refractivity (Wildman–Crippen MR) is 57.5 cm³/mol. The fourth-order valence-electron chi connectivity index (χ4n) is 0.987. The van der Waals surface area contributed by atoms with Gasteiger partial charge in [0.1, 0.15) is 0 Å². The van der Waals surface area contributed by atoms with Gasteiger partial charge in [-0.25, -0.2) is 12.7 Å². The van der Waals surface area contributed by atoms with Crippen molar-refractivity contribution < 1.29 is 13.5 Å². The highest BCUT2D eigenvalue weighted by atomic mass is 32.2. The molecule has 14 heavy (non-hydrogen) atoms. The van der Waals surface area contributed by atoms with Crippen molar-refractivity contribution in [1.82, 2.24) is 4.31 Å². The number of unbranched alkanes of at least 4 members (excludes halogenated alkanes) is 1. The van der Waals surface area contributed by atoms with Gasteiger partial charge in [-0.2, -0.15) is 0 Å². The van der Waals surface area contributed by atoms with Crippen LogP contribution in [0.25, 0.3) is 0 Å². The van der Waals surface area contributed by atoms with Gasteiger partial charge in [0.2, 0.25) is 10.0 Å². The van der Waals surface area contributed by atoms with Crippen LogP contribution in [-0.4, -0.2) is 43.3 Å². The van der Waals surface area contributed by atoms with Gasteiger partial charge < -0.3 is 5.11 Å². The molecule has 0 amide bonds. The summed E-state index contributed by atoms with van der Waals surface area (Å²) in [5.74, 6) is 0. The van der Waals surface area contributed by atoms with E-state index < -0.39 is 15.3 Å². The molecular formula is C9H19NO3S. The summed E-state index contributed by atoms with van der Waals surface area (Å²) in [6.45, 7) is 5.19. The van der Waals surface area contributed by atoms with Gasteiger partial charge >= 0.3 is 0 Å². The van der Waals surface area contributed by atoms with Crippen molar-refractivity contribution in [1.29, 1.82) is 0 Å². The molecule has 0 aliphatic carbocycles. The third-order valence-electron chi connectivity index (χ3n) is 2.08. The van der Waals surface area contributed by atoms with Crippen LogP contribution in [0.2, 0.25) is 0 Å². The predicted octanol–water partition coefficient (Wildman–Crippen LogP) is 0.595. The van der Waals surface area contributed by atoms with Crippen LogP contribution in [-0.2, 0) is 10.0 Å². The van der Waals surface area contributed by atoms with Gasteiger partial charge in [-0.15, -0.1) is 6.58 Å². The molecule has 1 N–H and O–H groups in total. The molecule has 4 nitrogen and oxygen atoms in total. The minimum atomic E-state index is -3.32. The zero-order valence-electron chi connectivity index (χ0n) is 8.81. The third kappa shape index (κ3) is 3.77. The lowest BCUT2D eigenvalue weighted by Crippen LogP contribution is -2.36. The normalized spacial score (nSPS) is 14.3. The van der Waals surface area contributed by atoms with E-state index in [1.807, 2.05) is 0 Å². The largest absolute Gasteiger partial charge is 0.395 e. The maximum atomic E-state index is 11.6. The Hall–Kier alpha value is -0.390. The van der Waals surface area contributed by atoms with E-state index in [2.05, 4.69) is 6.58 Å². The number of sulfonamides is 1. The molecule has 0 radical (unpaired) electrons. The first-order valence-corrected chi connectivity index (χ1v) is 6.14. The number of hydrogen-bond acceptors (Lipinski definition) is 3. The summed E-state index contributed by atoms with van der Waals surface area (Å²) in [6.07, 6.45) is 3.32. The monoisotopic (exact) mass is 221 g/mol. The van der Waals surface area contributed by atoms with E-state index in [-0.39, 0.29) is 6.61 Å². The molecule has 0 rings (SSSR count). The fourth-order valence-corrected chi connectivity index (χ4v) is 2.17. The summed E-state index contributed by atoms with van der Waals surface area (Å²) < 4.78 is 24.5. The minimum absolute atomic E-state index is 0.339. The topological polar surface area (TPSA) is 57.6 Å². The highest BCUT2D eigenvalue weighted by Gasteiger charge is 2.24. The average Bonchev–Trinajstić information content (AvgIpc) is 2.16. The molecule has 84 valence electrons. The van der Waals surface area contributed by atoms with Crippen molar-refractivity contribution in [2.75, 3.05) is 20.2 Å². The Labute approximate surface area is 86.3 Å². The minimum Gasteiger partial charge on any atom is -0.395 e. The Kier molecular flexibility index (Phi) is 5.99. The average molecular weight is 221 g/mol. The van der Waals surface area contributed by atoms with Crippen molar-refractivity contribution in [3.8, 4) is 0 Å². The van der Waals surface area contributed by atoms with E-state index in [1.165, 1.54) is 18.3 Å². The lowest BCUT2D eigenvalue weighted by Gasteiger charge is -2.20. The number of allylic oxidation sites excluding steroid dienone is 1. The molecule has 0 fully saturated rings. The van der Waals surface area contributed by atoms with E-state index >= 15 is 0 Å². The zero-order valence-corrected chi connectivity index (χ0v) is 9.63. The molecule has 0 saturated carbocycles. The highest BCUT2D eigenvalue weighted by molar-refractivity contribution is 7.89. The summed E-state index contributed by atoms with van der Waals surface area (Å²) in [5.41, 5.74) is 0. The lowest BCUT2D eigenvalue weighted by atomic mass is 10.3. The fraction of sp³-hybridized carbons (Fsp3) is 0.778. The zero-order chi connectivity index (χ0) is 11.2. The summed E-state index contributed by atoms with van der Waals surface area (Å²) in [4.78, 5) is 0. The molecule has 0 spiro atoms. The second-order valence-corrected chi connectivity index (χ2v) is 5.75. The molecule has 5 heteroatoms. The van der Waals surface area contributed by atoms with Gasteiger partial charge in [0.25, 0.3) is 0 Å². The third-order valence-corrected chi connectivity index (χ3v) is 4.30. The maximum Gasteiger partial charge on any atom is 0.218 e. The van der Waals surface area contributed by atoms with E-state index in [9.17, 15) is 8.42 Å². The molecule has 0 bridgehead atoms. The maximum absolute atomic E-state index is 11.6. The van der Waals surface area contributed by atoms with Crippen LogP contribution in [0, 0.1) is 0 Å². The Bertz CT molecular complexity index is 261.